The Kier molecular flexibility index (Phi) is 5.68. The van der Waals surface area contributed by atoms with Gasteiger partial charge in [-0.3, -0.25) is 9.36 Å². The molecule has 0 atom stereocenters. The number of halogens is 1. The van der Waals surface area contributed by atoms with Crippen molar-refractivity contribution in [3.05, 3.63) is 58.0 Å². The number of sulfonamides is 1. The SMILES string of the molecule is O=C(Cn1c(=O)oc2cc(S(=O)(=O)N3CCCCC3)ccc21)Nc1ccc(Cl)cc1. The first-order valence-electron chi connectivity index (χ1n) is 9.53. The minimum absolute atomic E-state index is 0.0726. The summed E-state index contributed by atoms with van der Waals surface area (Å²) in [6.07, 6.45) is 2.67. The van der Waals surface area contributed by atoms with Crippen LogP contribution in [0, 0.1) is 0 Å². The van der Waals surface area contributed by atoms with Crippen LogP contribution in [0.5, 0.6) is 0 Å². The topological polar surface area (TPSA) is 102 Å². The van der Waals surface area contributed by atoms with E-state index in [1.54, 1.807) is 24.3 Å². The maximum Gasteiger partial charge on any atom is 0.420 e. The number of piperidine rings is 1. The van der Waals surface area contributed by atoms with E-state index in [0.717, 1.165) is 23.8 Å². The van der Waals surface area contributed by atoms with Crippen molar-refractivity contribution in [1.82, 2.24) is 8.87 Å². The van der Waals surface area contributed by atoms with Crippen molar-refractivity contribution in [3.8, 4) is 0 Å². The maximum atomic E-state index is 12.9. The average Bonchev–Trinajstić information content (AvgIpc) is 3.04. The lowest BCUT2D eigenvalue weighted by Crippen LogP contribution is -2.35. The van der Waals surface area contributed by atoms with Crippen molar-refractivity contribution in [2.75, 3.05) is 18.4 Å². The Morgan fingerprint density at radius 1 is 1.07 bits per heavy atom. The molecule has 1 aliphatic rings. The molecule has 158 valence electrons. The number of aromatic nitrogens is 1. The highest BCUT2D eigenvalue weighted by Gasteiger charge is 2.27. The van der Waals surface area contributed by atoms with Crippen LogP contribution < -0.4 is 11.1 Å². The first-order valence-corrected chi connectivity index (χ1v) is 11.4. The molecule has 0 bridgehead atoms. The van der Waals surface area contributed by atoms with Crippen molar-refractivity contribution in [2.24, 2.45) is 0 Å². The molecule has 1 amide bonds. The van der Waals surface area contributed by atoms with E-state index in [2.05, 4.69) is 5.32 Å². The number of carbonyl (C=O) groups excluding carboxylic acids is 1. The maximum absolute atomic E-state index is 12.9. The first-order chi connectivity index (χ1) is 14.3. The fourth-order valence-corrected chi connectivity index (χ4v) is 5.15. The molecule has 0 unspecified atom stereocenters. The Balaban J connectivity index is 1.58. The number of nitrogens with one attached hydrogen (secondary N) is 1. The first kappa shape index (κ1) is 20.6. The lowest BCUT2D eigenvalue weighted by Gasteiger charge is -2.25. The van der Waals surface area contributed by atoms with Crippen LogP contribution in [-0.2, 0) is 21.4 Å². The van der Waals surface area contributed by atoms with Gasteiger partial charge in [0.2, 0.25) is 15.9 Å². The van der Waals surface area contributed by atoms with E-state index >= 15 is 0 Å². The molecular weight excluding hydrogens is 430 g/mol. The lowest BCUT2D eigenvalue weighted by atomic mass is 10.2. The van der Waals surface area contributed by atoms with Crippen molar-refractivity contribution in [3.63, 3.8) is 0 Å². The van der Waals surface area contributed by atoms with Gasteiger partial charge < -0.3 is 9.73 Å². The Morgan fingerprint density at radius 3 is 2.47 bits per heavy atom. The lowest BCUT2D eigenvalue weighted by molar-refractivity contribution is -0.116. The summed E-state index contributed by atoms with van der Waals surface area (Å²) in [4.78, 5) is 24.7. The second kappa shape index (κ2) is 8.25. The van der Waals surface area contributed by atoms with Gasteiger partial charge in [0.15, 0.2) is 5.58 Å². The van der Waals surface area contributed by atoms with Gasteiger partial charge in [-0.25, -0.2) is 13.2 Å². The van der Waals surface area contributed by atoms with Gasteiger partial charge in [-0.1, -0.05) is 18.0 Å². The van der Waals surface area contributed by atoms with Crippen LogP contribution in [0.25, 0.3) is 11.1 Å². The number of anilines is 1. The number of carbonyl (C=O) groups is 1. The molecular formula is C20H20ClN3O5S. The van der Waals surface area contributed by atoms with Gasteiger partial charge in [0.1, 0.15) is 6.54 Å². The van der Waals surface area contributed by atoms with E-state index in [4.69, 9.17) is 16.0 Å². The molecule has 8 nitrogen and oxygen atoms in total. The molecule has 1 saturated heterocycles. The second-order valence-electron chi connectivity index (χ2n) is 7.10. The van der Waals surface area contributed by atoms with E-state index in [-0.39, 0.29) is 17.0 Å². The number of benzene rings is 2. The van der Waals surface area contributed by atoms with E-state index in [0.29, 0.717) is 29.3 Å². The largest absolute Gasteiger partial charge is 0.420 e. The molecule has 0 spiro atoms. The summed E-state index contributed by atoms with van der Waals surface area (Å²) >= 11 is 5.83. The Hall–Kier alpha value is -2.62. The van der Waals surface area contributed by atoms with Crippen LogP contribution >= 0.6 is 11.6 Å². The van der Waals surface area contributed by atoms with Crippen LogP contribution in [0.4, 0.5) is 5.69 Å². The van der Waals surface area contributed by atoms with Crippen LogP contribution in [0.3, 0.4) is 0 Å². The predicted molar refractivity (Wildman–Crippen MR) is 113 cm³/mol. The van der Waals surface area contributed by atoms with E-state index in [1.807, 2.05) is 0 Å². The predicted octanol–water partition coefficient (Wildman–Crippen LogP) is 3.06. The molecule has 1 N–H and O–H groups in total. The molecule has 1 fully saturated rings. The molecule has 0 radical (unpaired) electrons. The molecule has 0 aliphatic carbocycles. The Labute approximate surface area is 178 Å². The third-order valence-corrected chi connectivity index (χ3v) is 7.17. The number of nitrogens with zero attached hydrogens (tertiary/aromatic N) is 2. The van der Waals surface area contributed by atoms with Gasteiger partial charge in [-0.15, -0.1) is 0 Å². The second-order valence-corrected chi connectivity index (χ2v) is 9.48. The molecule has 0 saturated carbocycles. The minimum atomic E-state index is -3.65. The fourth-order valence-electron chi connectivity index (χ4n) is 3.49. The van der Waals surface area contributed by atoms with Crippen LogP contribution in [-0.4, -0.2) is 36.3 Å². The molecule has 3 aromatic rings. The summed E-state index contributed by atoms with van der Waals surface area (Å²) in [5, 5.41) is 3.22. The van der Waals surface area contributed by atoms with E-state index in [9.17, 15) is 18.0 Å². The summed E-state index contributed by atoms with van der Waals surface area (Å²) in [6, 6.07) is 10.8. The number of fused-ring (bicyclic) bond motifs is 1. The standard InChI is InChI=1S/C20H20ClN3O5S/c21-14-4-6-15(7-5-14)22-19(25)13-24-17-9-8-16(12-18(17)29-20(24)26)30(27,28)23-10-2-1-3-11-23/h4-9,12H,1-3,10-11,13H2,(H,22,25). The Bertz CT molecular complexity index is 1240. The zero-order valence-corrected chi connectivity index (χ0v) is 17.6. The van der Waals surface area contributed by atoms with Crippen molar-refractivity contribution in [2.45, 2.75) is 30.7 Å². The summed E-state index contributed by atoms with van der Waals surface area (Å²) in [5.74, 6) is -1.16. The quantitative estimate of drug-likeness (QED) is 0.645. The molecule has 2 aromatic carbocycles. The fraction of sp³-hybridized carbons (Fsp3) is 0.300. The molecule has 30 heavy (non-hydrogen) atoms. The zero-order valence-electron chi connectivity index (χ0n) is 16.0. The minimum Gasteiger partial charge on any atom is -0.408 e. The molecule has 2 heterocycles. The van der Waals surface area contributed by atoms with Gasteiger partial charge in [0.05, 0.1) is 10.4 Å². The third kappa shape index (κ3) is 4.14. The van der Waals surface area contributed by atoms with Gasteiger partial charge in [-0.05, 0) is 49.2 Å². The highest BCUT2D eigenvalue weighted by molar-refractivity contribution is 7.89. The zero-order chi connectivity index (χ0) is 21.3. The van der Waals surface area contributed by atoms with Crippen molar-refractivity contribution >= 4 is 44.3 Å². The van der Waals surface area contributed by atoms with Crippen LogP contribution in [0.1, 0.15) is 19.3 Å². The van der Waals surface area contributed by atoms with Crippen molar-refractivity contribution in [1.29, 1.82) is 0 Å². The van der Waals surface area contributed by atoms with Gasteiger partial charge in [0, 0.05) is 29.9 Å². The van der Waals surface area contributed by atoms with Crippen LogP contribution in [0.15, 0.2) is 56.6 Å². The van der Waals surface area contributed by atoms with Gasteiger partial charge >= 0.3 is 5.76 Å². The normalized spacial score (nSPS) is 15.4. The van der Waals surface area contributed by atoms with Crippen LogP contribution in [0.2, 0.25) is 5.02 Å². The summed E-state index contributed by atoms with van der Waals surface area (Å²) in [6.45, 7) is 0.694. The van der Waals surface area contributed by atoms with E-state index in [1.165, 1.54) is 22.5 Å². The monoisotopic (exact) mass is 449 g/mol. The number of amides is 1. The van der Waals surface area contributed by atoms with E-state index < -0.39 is 21.7 Å². The molecule has 4 rings (SSSR count). The number of rotatable bonds is 5. The highest BCUT2D eigenvalue weighted by Crippen LogP contribution is 2.24. The summed E-state index contributed by atoms with van der Waals surface area (Å²) in [5.41, 5.74) is 1.02. The smallest absolute Gasteiger partial charge is 0.408 e. The Morgan fingerprint density at radius 2 is 1.77 bits per heavy atom. The number of oxazole rings is 1. The average molecular weight is 450 g/mol. The molecule has 10 heteroatoms. The van der Waals surface area contributed by atoms with Crippen molar-refractivity contribution < 1.29 is 17.6 Å². The summed E-state index contributed by atoms with van der Waals surface area (Å²) in [7, 11) is -3.65. The highest BCUT2D eigenvalue weighted by atomic mass is 35.5. The molecule has 1 aromatic heterocycles. The molecule has 1 aliphatic heterocycles. The number of hydrogen-bond donors (Lipinski definition) is 1. The van der Waals surface area contributed by atoms with Gasteiger partial charge in [0.25, 0.3) is 0 Å². The summed E-state index contributed by atoms with van der Waals surface area (Å²) < 4.78 is 33.5. The number of hydrogen-bond acceptors (Lipinski definition) is 5. The third-order valence-electron chi connectivity index (χ3n) is 5.02. The van der Waals surface area contributed by atoms with Gasteiger partial charge in [-0.2, -0.15) is 4.31 Å².